The van der Waals surface area contributed by atoms with Crippen LogP contribution in [0.4, 0.5) is 0 Å². The van der Waals surface area contributed by atoms with Gasteiger partial charge in [-0.1, -0.05) is 0 Å². The Morgan fingerprint density at radius 2 is 1.94 bits per heavy atom. The Hall–Kier alpha value is -0.570. The topological polar surface area (TPSA) is 46.5 Å². The summed E-state index contributed by atoms with van der Waals surface area (Å²) in [5.74, 6) is 0.216. The normalized spacial score (nSPS) is 31.2. The van der Waals surface area contributed by atoms with Gasteiger partial charge in [0.2, 0.25) is 0 Å². The molecule has 1 fully saturated rings. The fourth-order valence-corrected chi connectivity index (χ4v) is 2.45. The maximum atomic E-state index is 11.8. The summed E-state index contributed by atoms with van der Waals surface area (Å²) >= 11 is 0. The Bertz CT molecular complexity index is 246. The zero-order valence-corrected chi connectivity index (χ0v) is 10.9. The lowest BCUT2D eigenvalue weighted by molar-refractivity contribution is -0.158. The molecule has 0 spiro atoms. The number of hydrogen-bond acceptors (Lipinski definition) is 3. The van der Waals surface area contributed by atoms with Crippen LogP contribution in [0.25, 0.3) is 0 Å². The van der Waals surface area contributed by atoms with Crippen molar-refractivity contribution in [2.75, 3.05) is 6.61 Å². The molecule has 3 heteroatoms. The maximum Gasteiger partial charge on any atom is 0.311 e. The summed E-state index contributed by atoms with van der Waals surface area (Å²) in [6.07, 6.45) is 3.36. The van der Waals surface area contributed by atoms with Gasteiger partial charge in [-0.15, -0.1) is 0 Å². The molecule has 0 aromatic heterocycles. The highest BCUT2D eigenvalue weighted by atomic mass is 16.5. The van der Waals surface area contributed by atoms with E-state index in [1.165, 1.54) is 0 Å². The van der Waals surface area contributed by atoms with E-state index in [1.54, 1.807) is 0 Å². The molecule has 0 amide bonds. The number of ether oxygens (including phenoxy) is 1. The molecule has 0 aromatic carbocycles. The minimum Gasteiger partial charge on any atom is -0.466 e. The van der Waals surface area contributed by atoms with Crippen molar-refractivity contribution in [2.24, 2.45) is 11.3 Å². The van der Waals surface area contributed by atoms with Crippen molar-refractivity contribution in [1.82, 2.24) is 0 Å². The van der Waals surface area contributed by atoms with Gasteiger partial charge in [-0.05, 0) is 59.3 Å². The zero-order chi connectivity index (χ0) is 12.4. The molecule has 3 nitrogen and oxygen atoms in total. The van der Waals surface area contributed by atoms with Crippen LogP contribution in [-0.4, -0.2) is 23.3 Å². The first-order valence-electron chi connectivity index (χ1n) is 6.19. The first-order valence-corrected chi connectivity index (χ1v) is 6.19. The van der Waals surface area contributed by atoms with E-state index in [0.29, 0.717) is 12.5 Å². The Labute approximate surface area is 98.2 Å². The second kappa shape index (κ2) is 4.74. The van der Waals surface area contributed by atoms with Crippen molar-refractivity contribution in [3.8, 4) is 0 Å². The average molecular weight is 228 g/mol. The van der Waals surface area contributed by atoms with Crippen LogP contribution >= 0.6 is 0 Å². The summed E-state index contributed by atoms with van der Waals surface area (Å²) in [5, 5.41) is 9.88. The molecular formula is C13H24O3. The van der Waals surface area contributed by atoms with Crippen molar-refractivity contribution >= 4 is 5.97 Å². The van der Waals surface area contributed by atoms with Gasteiger partial charge in [0.1, 0.15) is 0 Å². The fourth-order valence-electron chi connectivity index (χ4n) is 2.45. The van der Waals surface area contributed by atoms with Gasteiger partial charge in [-0.25, -0.2) is 0 Å². The molecule has 0 radical (unpaired) electrons. The highest BCUT2D eigenvalue weighted by Crippen LogP contribution is 2.42. The van der Waals surface area contributed by atoms with Gasteiger partial charge in [-0.3, -0.25) is 4.79 Å². The van der Waals surface area contributed by atoms with Gasteiger partial charge in [0.25, 0.3) is 0 Å². The fraction of sp³-hybridized carbons (Fsp3) is 0.923. The van der Waals surface area contributed by atoms with Crippen molar-refractivity contribution in [1.29, 1.82) is 0 Å². The predicted molar refractivity (Wildman–Crippen MR) is 63.0 cm³/mol. The molecule has 1 saturated carbocycles. The Morgan fingerprint density at radius 1 is 1.44 bits per heavy atom. The van der Waals surface area contributed by atoms with Crippen LogP contribution in [-0.2, 0) is 9.53 Å². The lowest BCUT2D eigenvalue weighted by Crippen LogP contribution is -2.40. The average Bonchev–Trinajstić information content (AvgIpc) is 2.17. The minimum atomic E-state index is -0.540. The molecule has 0 aliphatic heterocycles. The molecule has 94 valence electrons. The first kappa shape index (κ1) is 13.5. The molecule has 16 heavy (non-hydrogen) atoms. The summed E-state index contributed by atoms with van der Waals surface area (Å²) in [7, 11) is 0. The van der Waals surface area contributed by atoms with Crippen LogP contribution in [0.15, 0.2) is 0 Å². The number of carbonyl (C=O) groups is 1. The molecule has 0 unspecified atom stereocenters. The summed E-state index contributed by atoms with van der Waals surface area (Å²) in [6.45, 7) is 8.05. The zero-order valence-electron chi connectivity index (χ0n) is 10.9. The Kier molecular flexibility index (Phi) is 4.00. The van der Waals surface area contributed by atoms with E-state index in [-0.39, 0.29) is 5.97 Å². The van der Waals surface area contributed by atoms with Gasteiger partial charge in [-0.2, -0.15) is 0 Å². The third kappa shape index (κ3) is 2.97. The van der Waals surface area contributed by atoms with E-state index in [1.807, 2.05) is 27.7 Å². The SMILES string of the molecule is CCOC(=O)C(C)(C)C1CCC(C)(O)CC1. The highest BCUT2D eigenvalue weighted by Gasteiger charge is 2.41. The molecule has 0 aromatic rings. The molecule has 0 atom stereocenters. The van der Waals surface area contributed by atoms with Crippen molar-refractivity contribution in [3.63, 3.8) is 0 Å². The monoisotopic (exact) mass is 228 g/mol. The maximum absolute atomic E-state index is 11.8. The second-order valence-corrected chi connectivity index (χ2v) is 5.71. The molecule has 1 N–H and O–H groups in total. The van der Waals surface area contributed by atoms with E-state index < -0.39 is 11.0 Å². The lowest BCUT2D eigenvalue weighted by Gasteiger charge is -2.39. The van der Waals surface area contributed by atoms with Crippen LogP contribution in [0.5, 0.6) is 0 Å². The van der Waals surface area contributed by atoms with Crippen molar-refractivity contribution < 1.29 is 14.6 Å². The second-order valence-electron chi connectivity index (χ2n) is 5.71. The number of esters is 1. The molecule has 0 saturated heterocycles. The predicted octanol–water partition coefficient (Wildman–Crippen LogP) is 2.52. The summed E-state index contributed by atoms with van der Waals surface area (Å²) in [6, 6.07) is 0. The summed E-state index contributed by atoms with van der Waals surface area (Å²) in [4.78, 5) is 11.8. The minimum absolute atomic E-state index is 0.110. The van der Waals surface area contributed by atoms with E-state index in [2.05, 4.69) is 0 Å². The van der Waals surface area contributed by atoms with E-state index in [9.17, 15) is 9.90 Å². The number of hydrogen-bond donors (Lipinski definition) is 1. The number of aliphatic hydroxyl groups is 1. The van der Waals surface area contributed by atoms with Crippen LogP contribution in [0.2, 0.25) is 0 Å². The highest BCUT2D eigenvalue weighted by molar-refractivity contribution is 5.76. The molecule has 1 rings (SSSR count). The van der Waals surface area contributed by atoms with Gasteiger partial charge < -0.3 is 9.84 Å². The standard InChI is InChI=1S/C13H24O3/c1-5-16-11(14)12(2,3)10-6-8-13(4,15)9-7-10/h10,15H,5-9H2,1-4H3. The number of rotatable bonds is 3. The van der Waals surface area contributed by atoms with Gasteiger partial charge in [0, 0.05) is 0 Å². The molecule has 1 aliphatic rings. The Balaban J connectivity index is 2.61. The molecular weight excluding hydrogens is 204 g/mol. The molecule has 0 heterocycles. The van der Waals surface area contributed by atoms with Gasteiger partial charge in [0.05, 0.1) is 17.6 Å². The third-order valence-corrected chi connectivity index (χ3v) is 3.88. The van der Waals surface area contributed by atoms with E-state index >= 15 is 0 Å². The first-order chi connectivity index (χ1) is 7.29. The van der Waals surface area contributed by atoms with E-state index in [0.717, 1.165) is 25.7 Å². The van der Waals surface area contributed by atoms with Gasteiger partial charge >= 0.3 is 5.97 Å². The Morgan fingerprint density at radius 3 is 2.38 bits per heavy atom. The van der Waals surface area contributed by atoms with Gasteiger partial charge in [0.15, 0.2) is 0 Å². The molecule has 0 bridgehead atoms. The summed E-state index contributed by atoms with van der Waals surface area (Å²) < 4.78 is 5.11. The largest absolute Gasteiger partial charge is 0.466 e. The lowest BCUT2D eigenvalue weighted by atomic mass is 9.68. The van der Waals surface area contributed by atoms with Crippen molar-refractivity contribution in [2.45, 2.75) is 59.0 Å². The smallest absolute Gasteiger partial charge is 0.311 e. The van der Waals surface area contributed by atoms with Crippen LogP contribution < -0.4 is 0 Å². The quantitative estimate of drug-likeness (QED) is 0.755. The van der Waals surface area contributed by atoms with Crippen molar-refractivity contribution in [3.05, 3.63) is 0 Å². The van der Waals surface area contributed by atoms with Crippen LogP contribution in [0.1, 0.15) is 53.4 Å². The van der Waals surface area contributed by atoms with Crippen LogP contribution in [0, 0.1) is 11.3 Å². The summed E-state index contributed by atoms with van der Waals surface area (Å²) in [5.41, 5.74) is -0.965. The third-order valence-electron chi connectivity index (χ3n) is 3.88. The van der Waals surface area contributed by atoms with E-state index in [4.69, 9.17) is 4.74 Å². The molecule has 1 aliphatic carbocycles. The van der Waals surface area contributed by atoms with Crippen LogP contribution in [0.3, 0.4) is 0 Å². The number of carbonyl (C=O) groups excluding carboxylic acids is 1.